The molecule has 0 radical (unpaired) electrons. The Morgan fingerprint density at radius 3 is 2.74 bits per heavy atom. The highest BCUT2D eigenvalue weighted by molar-refractivity contribution is 6.17. The van der Waals surface area contributed by atoms with Crippen molar-refractivity contribution in [3.8, 4) is 0 Å². The van der Waals surface area contributed by atoms with Crippen LogP contribution in [0.2, 0.25) is 0 Å². The van der Waals surface area contributed by atoms with Crippen molar-refractivity contribution >= 4 is 17.5 Å². The molecule has 0 aliphatic heterocycles. The van der Waals surface area contributed by atoms with Crippen LogP contribution < -0.4 is 5.32 Å². The van der Waals surface area contributed by atoms with Gasteiger partial charge in [0.2, 0.25) is 0 Å². The Bertz CT molecular complexity index is 425. The Hall–Kier alpha value is -1.02. The Morgan fingerprint density at radius 2 is 2.05 bits per heavy atom. The zero-order valence-electron chi connectivity index (χ0n) is 11.5. The molecule has 0 atom stereocenters. The van der Waals surface area contributed by atoms with Crippen LogP contribution >= 0.6 is 11.6 Å². The van der Waals surface area contributed by atoms with Crippen LogP contribution in [0.4, 0.5) is 0 Å². The highest BCUT2D eigenvalue weighted by atomic mass is 35.5. The van der Waals surface area contributed by atoms with E-state index in [1.807, 2.05) is 24.3 Å². The average molecular weight is 280 g/mol. The molecule has 0 heterocycles. The smallest absolute Gasteiger partial charge is 0.251 e. The Labute approximate surface area is 120 Å². The number of rotatable bonds is 4. The van der Waals surface area contributed by atoms with Gasteiger partial charge in [-0.2, -0.15) is 0 Å². The monoisotopic (exact) mass is 279 g/mol. The molecule has 1 fully saturated rings. The molecule has 104 valence electrons. The van der Waals surface area contributed by atoms with Crippen molar-refractivity contribution in [1.82, 2.24) is 5.32 Å². The number of benzene rings is 1. The van der Waals surface area contributed by atoms with Crippen molar-refractivity contribution in [2.45, 2.75) is 38.5 Å². The summed E-state index contributed by atoms with van der Waals surface area (Å²) >= 11 is 5.78. The van der Waals surface area contributed by atoms with Crippen LogP contribution in [-0.4, -0.2) is 12.5 Å². The Balaban J connectivity index is 1.83. The lowest BCUT2D eigenvalue weighted by Crippen LogP contribution is -2.31. The summed E-state index contributed by atoms with van der Waals surface area (Å²) in [7, 11) is 0. The third-order valence-corrected chi connectivity index (χ3v) is 4.34. The molecule has 1 aromatic carbocycles. The summed E-state index contributed by atoms with van der Waals surface area (Å²) in [5, 5.41) is 3.05. The van der Waals surface area contributed by atoms with Gasteiger partial charge in [0.25, 0.3) is 5.91 Å². The van der Waals surface area contributed by atoms with Crippen LogP contribution in [0.5, 0.6) is 0 Å². The zero-order chi connectivity index (χ0) is 13.7. The topological polar surface area (TPSA) is 29.1 Å². The van der Waals surface area contributed by atoms with Crippen molar-refractivity contribution in [2.24, 2.45) is 11.8 Å². The van der Waals surface area contributed by atoms with Crippen molar-refractivity contribution in [3.05, 3.63) is 35.4 Å². The maximum absolute atomic E-state index is 12.1. The highest BCUT2D eigenvalue weighted by Crippen LogP contribution is 2.27. The lowest BCUT2D eigenvalue weighted by Gasteiger charge is -2.26. The molecule has 1 aliphatic rings. The van der Waals surface area contributed by atoms with E-state index in [4.69, 9.17) is 11.6 Å². The van der Waals surface area contributed by atoms with Gasteiger partial charge in [-0.15, -0.1) is 11.6 Å². The molecule has 3 heteroatoms. The standard InChI is InChI=1S/C16H22ClNO/c1-12-5-7-13(8-6-12)11-18-16(19)15-4-2-3-14(9-15)10-17/h2-4,9,12-13H,5-8,10-11H2,1H3,(H,18,19). The maximum atomic E-state index is 12.1. The fourth-order valence-electron chi connectivity index (χ4n) is 2.67. The van der Waals surface area contributed by atoms with E-state index in [1.165, 1.54) is 25.7 Å². The van der Waals surface area contributed by atoms with Crippen LogP contribution in [0.1, 0.15) is 48.5 Å². The number of hydrogen-bond acceptors (Lipinski definition) is 1. The van der Waals surface area contributed by atoms with E-state index >= 15 is 0 Å². The van der Waals surface area contributed by atoms with Gasteiger partial charge in [-0.25, -0.2) is 0 Å². The molecule has 0 aromatic heterocycles. The predicted octanol–water partition coefficient (Wildman–Crippen LogP) is 3.98. The molecule has 1 amide bonds. The van der Waals surface area contributed by atoms with Gasteiger partial charge >= 0.3 is 0 Å². The number of carbonyl (C=O) groups excluding carboxylic acids is 1. The zero-order valence-corrected chi connectivity index (χ0v) is 12.2. The quantitative estimate of drug-likeness (QED) is 0.830. The third kappa shape index (κ3) is 4.24. The second-order valence-corrected chi connectivity index (χ2v) is 5.94. The largest absolute Gasteiger partial charge is 0.352 e. The first-order valence-corrected chi connectivity index (χ1v) is 7.65. The Morgan fingerprint density at radius 1 is 1.32 bits per heavy atom. The van der Waals surface area contributed by atoms with Crippen LogP contribution in [0.25, 0.3) is 0 Å². The van der Waals surface area contributed by atoms with Gasteiger partial charge in [-0.3, -0.25) is 4.79 Å². The van der Waals surface area contributed by atoms with Crippen LogP contribution in [0.3, 0.4) is 0 Å². The van der Waals surface area contributed by atoms with Gasteiger partial charge in [0.05, 0.1) is 0 Å². The van der Waals surface area contributed by atoms with Gasteiger partial charge in [-0.1, -0.05) is 31.9 Å². The summed E-state index contributed by atoms with van der Waals surface area (Å²) in [6.07, 6.45) is 5.07. The summed E-state index contributed by atoms with van der Waals surface area (Å²) in [6.45, 7) is 3.11. The second-order valence-electron chi connectivity index (χ2n) is 5.67. The summed E-state index contributed by atoms with van der Waals surface area (Å²) in [6, 6.07) is 7.53. The highest BCUT2D eigenvalue weighted by Gasteiger charge is 2.18. The van der Waals surface area contributed by atoms with Crippen molar-refractivity contribution in [1.29, 1.82) is 0 Å². The SMILES string of the molecule is CC1CCC(CNC(=O)c2cccc(CCl)c2)CC1. The van der Waals surface area contributed by atoms with Crippen LogP contribution in [-0.2, 0) is 5.88 Å². The van der Waals surface area contributed by atoms with Gasteiger partial charge in [0.15, 0.2) is 0 Å². The van der Waals surface area contributed by atoms with Gasteiger partial charge in [0, 0.05) is 18.0 Å². The van der Waals surface area contributed by atoms with Crippen LogP contribution in [0, 0.1) is 11.8 Å². The lowest BCUT2D eigenvalue weighted by atomic mass is 9.83. The molecular formula is C16H22ClNO. The minimum Gasteiger partial charge on any atom is -0.352 e. The molecule has 0 bridgehead atoms. The molecule has 2 nitrogen and oxygen atoms in total. The van der Waals surface area contributed by atoms with E-state index in [2.05, 4.69) is 12.2 Å². The molecule has 2 rings (SSSR count). The first kappa shape index (κ1) is 14.4. The molecule has 19 heavy (non-hydrogen) atoms. The minimum atomic E-state index is 0.0191. The van der Waals surface area contributed by atoms with Gasteiger partial charge < -0.3 is 5.32 Å². The minimum absolute atomic E-state index is 0.0191. The number of nitrogens with one attached hydrogen (secondary N) is 1. The molecule has 1 aromatic rings. The summed E-state index contributed by atoms with van der Waals surface area (Å²) in [5.74, 6) is 1.97. The number of halogens is 1. The number of amides is 1. The molecule has 1 aliphatic carbocycles. The van der Waals surface area contributed by atoms with E-state index in [0.29, 0.717) is 17.4 Å². The second kappa shape index (κ2) is 6.95. The molecule has 1 saturated carbocycles. The summed E-state index contributed by atoms with van der Waals surface area (Å²) < 4.78 is 0. The van der Waals surface area contributed by atoms with Crippen LogP contribution in [0.15, 0.2) is 24.3 Å². The summed E-state index contributed by atoms with van der Waals surface area (Å²) in [4.78, 5) is 12.1. The Kier molecular flexibility index (Phi) is 5.26. The molecule has 0 unspecified atom stereocenters. The maximum Gasteiger partial charge on any atom is 0.251 e. The first-order valence-electron chi connectivity index (χ1n) is 7.12. The number of alkyl halides is 1. The molecule has 1 N–H and O–H groups in total. The van der Waals surface area contributed by atoms with Crippen molar-refractivity contribution in [3.63, 3.8) is 0 Å². The number of hydrogen-bond donors (Lipinski definition) is 1. The summed E-state index contributed by atoms with van der Waals surface area (Å²) in [5.41, 5.74) is 1.70. The van der Waals surface area contributed by atoms with Gasteiger partial charge in [-0.05, 0) is 42.4 Å². The fraction of sp³-hybridized carbons (Fsp3) is 0.562. The molecule has 0 saturated heterocycles. The first-order chi connectivity index (χ1) is 9.19. The van der Waals surface area contributed by atoms with Gasteiger partial charge in [0.1, 0.15) is 0 Å². The van der Waals surface area contributed by atoms with E-state index in [-0.39, 0.29) is 5.91 Å². The fourth-order valence-corrected chi connectivity index (χ4v) is 2.83. The third-order valence-electron chi connectivity index (χ3n) is 4.03. The van der Waals surface area contributed by atoms with E-state index in [0.717, 1.165) is 18.0 Å². The van der Waals surface area contributed by atoms with E-state index < -0.39 is 0 Å². The number of carbonyl (C=O) groups is 1. The lowest BCUT2D eigenvalue weighted by molar-refractivity contribution is 0.0942. The predicted molar refractivity (Wildman–Crippen MR) is 79.5 cm³/mol. The van der Waals surface area contributed by atoms with Crippen molar-refractivity contribution in [2.75, 3.05) is 6.54 Å². The van der Waals surface area contributed by atoms with Crippen molar-refractivity contribution < 1.29 is 4.79 Å². The molecular weight excluding hydrogens is 258 g/mol. The molecule has 0 spiro atoms. The average Bonchev–Trinajstić information content (AvgIpc) is 2.46. The van der Waals surface area contributed by atoms with E-state index in [1.54, 1.807) is 0 Å². The normalized spacial score (nSPS) is 23.1. The van der Waals surface area contributed by atoms with E-state index in [9.17, 15) is 4.79 Å².